The largest absolute Gasteiger partial charge is 0.492 e. The lowest BCUT2D eigenvalue weighted by molar-refractivity contribution is -0.203. The lowest BCUT2D eigenvalue weighted by Gasteiger charge is -2.28. The van der Waals surface area contributed by atoms with Gasteiger partial charge in [-0.2, -0.15) is 25.9 Å². The Kier molecular flexibility index (Phi) is 3.21. The highest BCUT2D eigenvalue weighted by Gasteiger charge is 2.42. The lowest BCUT2D eigenvalue weighted by atomic mass is 10.3. The summed E-state index contributed by atoms with van der Waals surface area (Å²) < 4.78 is 57.7. The second kappa shape index (κ2) is 3.94. The first-order chi connectivity index (χ1) is 6.73. The number of alkyl halides is 3. The van der Waals surface area contributed by atoms with E-state index in [1.807, 2.05) is 0 Å². The second-order valence-corrected chi connectivity index (χ2v) is 4.36. The number of nitrogens with zero attached hydrogens (tertiary/aromatic N) is 1. The van der Waals surface area contributed by atoms with E-state index in [1.54, 1.807) is 0 Å². The van der Waals surface area contributed by atoms with Crippen LogP contribution in [-0.4, -0.2) is 38.0 Å². The van der Waals surface area contributed by atoms with Gasteiger partial charge in [0.1, 0.15) is 0 Å². The van der Waals surface area contributed by atoms with Crippen LogP contribution in [0.4, 0.5) is 13.2 Å². The number of halogens is 3. The Labute approximate surface area is 83.1 Å². The maximum Gasteiger partial charge on any atom is 0.492 e. The Morgan fingerprint density at radius 2 is 1.87 bits per heavy atom. The quantitative estimate of drug-likeness (QED) is 0.686. The summed E-state index contributed by atoms with van der Waals surface area (Å²) in [6.07, 6.45) is -4.61. The summed E-state index contributed by atoms with van der Waals surface area (Å²) >= 11 is 0. The van der Waals surface area contributed by atoms with E-state index in [9.17, 15) is 26.4 Å². The van der Waals surface area contributed by atoms with Gasteiger partial charge >= 0.3 is 22.4 Å². The van der Waals surface area contributed by atoms with Crippen LogP contribution in [0.15, 0.2) is 0 Å². The number of carbonyl (C=O) groups is 1. The molecule has 0 aromatic rings. The van der Waals surface area contributed by atoms with Crippen molar-refractivity contribution in [3.05, 3.63) is 0 Å². The van der Waals surface area contributed by atoms with Crippen LogP contribution in [0.25, 0.3) is 0 Å². The third-order valence-electron chi connectivity index (χ3n) is 1.63. The first-order valence-electron chi connectivity index (χ1n) is 3.78. The zero-order valence-electron chi connectivity index (χ0n) is 7.24. The van der Waals surface area contributed by atoms with Gasteiger partial charge < -0.3 is 4.84 Å². The highest BCUT2D eigenvalue weighted by Crippen LogP contribution is 2.16. The summed E-state index contributed by atoms with van der Waals surface area (Å²) in [6, 6.07) is 0. The molecule has 1 rings (SSSR count). The molecule has 0 aromatic heterocycles. The number of nitrogens with one attached hydrogen (secondary N) is 1. The molecule has 0 amide bonds. The topological polar surface area (TPSA) is 75.7 Å². The van der Waals surface area contributed by atoms with Crippen molar-refractivity contribution in [2.24, 2.45) is 0 Å². The molecule has 1 aliphatic rings. The van der Waals surface area contributed by atoms with Crippen LogP contribution < -0.4 is 4.89 Å². The third-order valence-corrected chi connectivity index (χ3v) is 2.97. The molecule has 6 nitrogen and oxygen atoms in total. The first-order valence-corrected chi connectivity index (χ1v) is 5.22. The van der Waals surface area contributed by atoms with Crippen molar-refractivity contribution >= 4 is 16.2 Å². The van der Waals surface area contributed by atoms with E-state index in [4.69, 9.17) is 0 Å². The maximum absolute atomic E-state index is 11.6. The predicted molar refractivity (Wildman–Crippen MR) is 40.4 cm³/mol. The van der Waals surface area contributed by atoms with Crippen LogP contribution in [0.2, 0.25) is 0 Å². The monoisotopic (exact) mass is 248 g/mol. The fourth-order valence-corrected chi connectivity index (χ4v) is 1.75. The smallest absolute Gasteiger partial charge is 0.347 e. The van der Waals surface area contributed by atoms with Gasteiger partial charge in [0.15, 0.2) is 0 Å². The minimum absolute atomic E-state index is 0.193. The summed E-state index contributed by atoms with van der Waals surface area (Å²) in [4.78, 5) is 14.6. The molecule has 1 aliphatic heterocycles. The Bertz CT molecular complexity index is 348. The first kappa shape index (κ1) is 12.2. The zero-order chi connectivity index (χ0) is 11.7. The molecular weight excluding hydrogens is 241 g/mol. The summed E-state index contributed by atoms with van der Waals surface area (Å²) in [6.45, 7) is 0.387. The van der Waals surface area contributed by atoms with Gasteiger partial charge in [-0.3, -0.25) is 0 Å². The SMILES string of the molecule is O=C(ONS(=O)(=O)N1CCC1)C(F)(F)F. The highest BCUT2D eigenvalue weighted by atomic mass is 32.2. The number of rotatable bonds is 3. The van der Waals surface area contributed by atoms with Crippen LogP contribution in [-0.2, 0) is 19.8 Å². The van der Waals surface area contributed by atoms with Crippen LogP contribution in [0.1, 0.15) is 6.42 Å². The Hall–Kier alpha value is -0.870. The van der Waals surface area contributed by atoms with Gasteiger partial charge in [-0.05, 0) is 11.3 Å². The van der Waals surface area contributed by atoms with Crippen LogP contribution in [0.5, 0.6) is 0 Å². The van der Waals surface area contributed by atoms with Gasteiger partial charge in [0.25, 0.3) is 0 Å². The Morgan fingerprint density at radius 3 is 2.20 bits per heavy atom. The molecule has 10 heteroatoms. The van der Waals surface area contributed by atoms with Crippen molar-refractivity contribution in [2.45, 2.75) is 12.6 Å². The minimum Gasteiger partial charge on any atom is -0.347 e. The Balaban J connectivity index is 2.46. The van der Waals surface area contributed by atoms with Gasteiger partial charge in [-0.1, -0.05) is 0 Å². The number of carbonyl (C=O) groups excluding carboxylic acids is 1. The molecule has 0 spiro atoms. The summed E-state index contributed by atoms with van der Waals surface area (Å²) in [5.74, 6) is -2.61. The summed E-state index contributed by atoms with van der Waals surface area (Å²) in [5, 5.41) is 0. The number of hydrogen-bond donors (Lipinski definition) is 1. The molecule has 0 aromatic carbocycles. The van der Waals surface area contributed by atoms with E-state index in [0.29, 0.717) is 6.42 Å². The average molecular weight is 248 g/mol. The molecule has 0 atom stereocenters. The van der Waals surface area contributed by atoms with E-state index in [2.05, 4.69) is 4.84 Å². The normalized spacial score (nSPS) is 18.3. The molecule has 0 radical (unpaired) electrons. The molecular formula is C5H7F3N2O4S. The van der Waals surface area contributed by atoms with Crippen molar-refractivity contribution in [3.63, 3.8) is 0 Å². The van der Waals surface area contributed by atoms with Crippen molar-refractivity contribution in [2.75, 3.05) is 13.1 Å². The van der Waals surface area contributed by atoms with Gasteiger partial charge in [0.2, 0.25) is 0 Å². The molecule has 88 valence electrons. The molecule has 15 heavy (non-hydrogen) atoms. The minimum atomic E-state index is -5.22. The van der Waals surface area contributed by atoms with E-state index < -0.39 is 22.4 Å². The van der Waals surface area contributed by atoms with Gasteiger partial charge in [0, 0.05) is 13.1 Å². The molecule has 0 unspecified atom stereocenters. The fraction of sp³-hybridized carbons (Fsp3) is 0.800. The molecule has 1 N–H and O–H groups in total. The van der Waals surface area contributed by atoms with Crippen LogP contribution in [0, 0.1) is 0 Å². The highest BCUT2D eigenvalue weighted by molar-refractivity contribution is 7.87. The molecule has 1 saturated heterocycles. The molecule has 1 heterocycles. The summed E-state index contributed by atoms with van der Waals surface area (Å²) in [7, 11) is -4.14. The predicted octanol–water partition coefficient (Wildman–Crippen LogP) is -0.453. The Morgan fingerprint density at radius 1 is 1.33 bits per heavy atom. The van der Waals surface area contributed by atoms with Crippen LogP contribution in [0.3, 0.4) is 0 Å². The van der Waals surface area contributed by atoms with Gasteiger partial charge in [0.05, 0.1) is 0 Å². The average Bonchev–Trinajstić information content (AvgIpc) is 1.93. The fourth-order valence-electron chi connectivity index (χ4n) is 0.729. The van der Waals surface area contributed by atoms with Gasteiger partial charge in [-0.25, -0.2) is 4.79 Å². The summed E-state index contributed by atoms with van der Waals surface area (Å²) in [5.41, 5.74) is 0. The maximum atomic E-state index is 11.6. The lowest BCUT2D eigenvalue weighted by Crippen LogP contribution is -2.49. The standard InChI is InChI=1S/C5H7F3N2O4S/c6-5(7,8)4(11)14-9-15(12,13)10-2-1-3-10/h9H,1-3H2. The van der Waals surface area contributed by atoms with Crippen molar-refractivity contribution < 1.29 is 31.2 Å². The van der Waals surface area contributed by atoms with E-state index in [-0.39, 0.29) is 13.1 Å². The molecule has 0 aliphatic carbocycles. The van der Waals surface area contributed by atoms with Gasteiger partial charge in [-0.15, -0.1) is 0 Å². The molecule has 0 bridgehead atoms. The van der Waals surface area contributed by atoms with Crippen molar-refractivity contribution in [3.8, 4) is 0 Å². The number of hydrogen-bond acceptors (Lipinski definition) is 4. The second-order valence-electron chi connectivity index (χ2n) is 2.73. The van der Waals surface area contributed by atoms with E-state index in [1.165, 1.54) is 0 Å². The molecule has 1 fully saturated rings. The van der Waals surface area contributed by atoms with Crippen molar-refractivity contribution in [1.82, 2.24) is 9.19 Å². The third kappa shape index (κ3) is 3.04. The van der Waals surface area contributed by atoms with E-state index in [0.717, 1.165) is 9.19 Å². The zero-order valence-corrected chi connectivity index (χ0v) is 8.06. The van der Waals surface area contributed by atoms with Crippen LogP contribution >= 0.6 is 0 Å². The van der Waals surface area contributed by atoms with Crippen molar-refractivity contribution in [1.29, 1.82) is 0 Å². The molecule has 0 saturated carbocycles. The van der Waals surface area contributed by atoms with E-state index >= 15 is 0 Å².